The molecule has 0 radical (unpaired) electrons. The van der Waals surface area contributed by atoms with Gasteiger partial charge in [0.05, 0.1) is 18.0 Å². The highest BCUT2D eigenvalue weighted by molar-refractivity contribution is 6.24. The van der Waals surface area contributed by atoms with Gasteiger partial charge in [-0.05, 0) is 41.8 Å². The number of aliphatic hydroxyl groups excluding tert-OH is 1. The van der Waals surface area contributed by atoms with Gasteiger partial charge in [-0.25, -0.2) is 4.79 Å². The number of benzene rings is 2. The number of carboxylic acids is 1. The van der Waals surface area contributed by atoms with E-state index < -0.39 is 12.6 Å². The summed E-state index contributed by atoms with van der Waals surface area (Å²) in [4.78, 5) is 25.1. The number of halogens is 1. The molecule has 1 aliphatic rings. The fraction of sp³-hybridized carbons (Fsp3) is 0.391. The maximum absolute atomic E-state index is 12.7. The number of carbonyl (C=O) groups excluding carboxylic acids is 1. The summed E-state index contributed by atoms with van der Waals surface area (Å²) in [5, 5.41) is 18.0. The van der Waals surface area contributed by atoms with Crippen LogP contribution in [0.1, 0.15) is 31.4 Å². The highest BCUT2D eigenvalue weighted by atomic mass is 35.5. The number of aliphatic carboxylic acids is 1. The number of rotatable bonds is 8. The Morgan fingerprint density at radius 2 is 1.93 bits per heavy atom. The van der Waals surface area contributed by atoms with Gasteiger partial charge in [0.15, 0.2) is 6.61 Å². The fourth-order valence-corrected chi connectivity index (χ4v) is 3.95. The predicted molar refractivity (Wildman–Crippen MR) is 115 cm³/mol. The number of alkyl halides is 1. The average Bonchev–Trinajstić information content (AvgIpc) is 2.99. The molecule has 1 saturated heterocycles. The molecule has 2 N–H and O–H groups in total. The highest BCUT2D eigenvalue weighted by Gasteiger charge is 2.39. The van der Waals surface area contributed by atoms with Crippen molar-refractivity contribution in [3.63, 3.8) is 0 Å². The number of anilines is 1. The molecule has 1 aliphatic heterocycles. The Labute approximate surface area is 181 Å². The number of hydrogen-bond donors (Lipinski definition) is 2. The Balaban J connectivity index is 1.81. The SMILES string of the molecule is CC(C)(CO)c1ccc(N2C(=O)CC(Cl)C2Cc2cccc(OCC(=O)O)c2)cc1. The Morgan fingerprint density at radius 3 is 2.57 bits per heavy atom. The second kappa shape index (κ2) is 9.06. The number of ether oxygens (including phenoxy) is 1. The van der Waals surface area contributed by atoms with Crippen LogP contribution in [0.3, 0.4) is 0 Å². The normalized spacial score (nSPS) is 19.2. The van der Waals surface area contributed by atoms with E-state index in [9.17, 15) is 14.7 Å². The summed E-state index contributed by atoms with van der Waals surface area (Å²) >= 11 is 6.53. The molecule has 2 atom stereocenters. The molecule has 0 saturated carbocycles. The Hall–Kier alpha value is -2.57. The van der Waals surface area contributed by atoms with E-state index in [0.717, 1.165) is 16.8 Å². The lowest BCUT2D eigenvalue weighted by atomic mass is 9.85. The van der Waals surface area contributed by atoms with Gasteiger partial charge in [-0.2, -0.15) is 0 Å². The average molecular weight is 432 g/mol. The van der Waals surface area contributed by atoms with Gasteiger partial charge in [0.2, 0.25) is 5.91 Å². The fourth-order valence-electron chi connectivity index (χ4n) is 3.62. The molecule has 0 bridgehead atoms. The van der Waals surface area contributed by atoms with Gasteiger partial charge in [-0.3, -0.25) is 4.79 Å². The molecular weight excluding hydrogens is 406 g/mol. The molecule has 1 amide bonds. The monoisotopic (exact) mass is 431 g/mol. The summed E-state index contributed by atoms with van der Waals surface area (Å²) in [6.07, 6.45) is 0.777. The van der Waals surface area contributed by atoms with Crippen LogP contribution in [-0.2, 0) is 21.4 Å². The molecule has 0 aromatic heterocycles. The number of amides is 1. The van der Waals surface area contributed by atoms with Crippen LogP contribution in [0.25, 0.3) is 0 Å². The number of nitrogens with zero attached hydrogens (tertiary/aromatic N) is 1. The standard InChI is InChI=1S/C23H26ClNO5/c1-23(2,14-26)16-6-8-17(9-7-16)25-20(19(24)12-21(25)27)11-15-4-3-5-18(10-15)30-13-22(28)29/h3-10,19-20,26H,11-14H2,1-2H3,(H,28,29). The van der Waals surface area contributed by atoms with Crippen LogP contribution in [-0.4, -0.2) is 46.7 Å². The number of hydrogen-bond acceptors (Lipinski definition) is 4. The Kier molecular flexibility index (Phi) is 6.68. The largest absolute Gasteiger partial charge is 0.482 e. The van der Waals surface area contributed by atoms with Gasteiger partial charge < -0.3 is 19.8 Å². The van der Waals surface area contributed by atoms with Gasteiger partial charge in [-0.15, -0.1) is 11.6 Å². The van der Waals surface area contributed by atoms with Crippen LogP contribution < -0.4 is 9.64 Å². The van der Waals surface area contributed by atoms with Crippen molar-refractivity contribution in [3.8, 4) is 5.75 Å². The van der Waals surface area contributed by atoms with Crippen molar-refractivity contribution < 1.29 is 24.5 Å². The van der Waals surface area contributed by atoms with Gasteiger partial charge in [0.1, 0.15) is 5.75 Å². The van der Waals surface area contributed by atoms with Gasteiger partial charge in [-0.1, -0.05) is 38.1 Å². The van der Waals surface area contributed by atoms with Crippen LogP contribution in [0.15, 0.2) is 48.5 Å². The van der Waals surface area contributed by atoms with E-state index >= 15 is 0 Å². The first-order chi connectivity index (χ1) is 14.2. The van der Waals surface area contributed by atoms with E-state index in [1.54, 1.807) is 23.1 Å². The van der Waals surface area contributed by atoms with E-state index in [4.69, 9.17) is 21.4 Å². The molecule has 0 spiro atoms. The Bertz CT molecular complexity index is 912. The minimum absolute atomic E-state index is 0.0294. The van der Waals surface area contributed by atoms with Crippen molar-refractivity contribution in [2.75, 3.05) is 18.1 Å². The lowest BCUT2D eigenvalue weighted by molar-refractivity contribution is -0.139. The molecule has 1 fully saturated rings. The first-order valence-corrected chi connectivity index (χ1v) is 10.3. The molecule has 7 heteroatoms. The number of carbonyl (C=O) groups is 2. The van der Waals surface area contributed by atoms with Crippen molar-refractivity contribution in [3.05, 3.63) is 59.7 Å². The maximum atomic E-state index is 12.7. The van der Waals surface area contributed by atoms with Crippen LogP contribution in [0.5, 0.6) is 5.75 Å². The molecule has 0 aliphatic carbocycles. The highest BCUT2D eigenvalue weighted by Crippen LogP contribution is 2.34. The minimum Gasteiger partial charge on any atom is -0.482 e. The Morgan fingerprint density at radius 1 is 1.23 bits per heavy atom. The van der Waals surface area contributed by atoms with Gasteiger partial charge in [0.25, 0.3) is 0 Å². The topological polar surface area (TPSA) is 87.1 Å². The third kappa shape index (κ3) is 4.94. The smallest absolute Gasteiger partial charge is 0.341 e. The third-order valence-corrected chi connectivity index (χ3v) is 5.86. The molecule has 2 unspecified atom stereocenters. The molecule has 2 aromatic carbocycles. The second-order valence-electron chi connectivity index (χ2n) is 8.17. The number of carboxylic acid groups (broad SMARTS) is 1. The third-order valence-electron chi connectivity index (χ3n) is 5.42. The zero-order valence-corrected chi connectivity index (χ0v) is 17.8. The second-order valence-corrected chi connectivity index (χ2v) is 8.73. The van der Waals surface area contributed by atoms with Crippen LogP contribution in [0.2, 0.25) is 0 Å². The van der Waals surface area contributed by atoms with Crippen molar-refractivity contribution in [2.24, 2.45) is 0 Å². The van der Waals surface area contributed by atoms with Crippen molar-refractivity contribution >= 4 is 29.2 Å². The van der Waals surface area contributed by atoms with Crippen LogP contribution in [0.4, 0.5) is 5.69 Å². The zero-order chi connectivity index (χ0) is 21.9. The number of aliphatic hydroxyl groups is 1. The summed E-state index contributed by atoms with van der Waals surface area (Å²) in [6, 6.07) is 14.6. The molecule has 2 aromatic rings. The molecule has 30 heavy (non-hydrogen) atoms. The van der Waals surface area contributed by atoms with Gasteiger partial charge >= 0.3 is 5.97 Å². The lowest BCUT2D eigenvalue weighted by Gasteiger charge is -2.28. The first-order valence-electron chi connectivity index (χ1n) is 9.82. The van der Waals surface area contributed by atoms with E-state index in [-0.39, 0.29) is 35.8 Å². The van der Waals surface area contributed by atoms with Crippen molar-refractivity contribution in [2.45, 2.75) is 43.5 Å². The summed E-state index contributed by atoms with van der Waals surface area (Å²) < 4.78 is 5.25. The summed E-state index contributed by atoms with van der Waals surface area (Å²) in [5.41, 5.74) is 2.30. The van der Waals surface area contributed by atoms with E-state index in [1.807, 2.05) is 44.2 Å². The maximum Gasteiger partial charge on any atom is 0.341 e. The van der Waals surface area contributed by atoms with Crippen LogP contribution in [0, 0.1) is 0 Å². The molecule has 6 nitrogen and oxygen atoms in total. The molecule has 1 heterocycles. The summed E-state index contributed by atoms with van der Waals surface area (Å²) in [5.74, 6) is -0.610. The minimum atomic E-state index is -1.04. The summed E-state index contributed by atoms with van der Waals surface area (Å²) in [7, 11) is 0. The van der Waals surface area contributed by atoms with Crippen LogP contribution >= 0.6 is 11.6 Å². The quantitative estimate of drug-likeness (QED) is 0.626. The zero-order valence-electron chi connectivity index (χ0n) is 17.0. The van der Waals surface area contributed by atoms with Crippen molar-refractivity contribution in [1.82, 2.24) is 0 Å². The molecular formula is C23H26ClNO5. The van der Waals surface area contributed by atoms with E-state index in [2.05, 4.69) is 0 Å². The summed E-state index contributed by atoms with van der Waals surface area (Å²) in [6.45, 7) is 3.54. The molecule has 160 valence electrons. The first kappa shape index (κ1) is 22.1. The van der Waals surface area contributed by atoms with E-state index in [1.165, 1.54) is 0 Å². The van der Waals surface area contributed by atoms with E-state index in [0.29, 0.717) is 12.2 Å². The predicted octanol–water partition coefficient (Wildman–Crippen LogP) is 3.38. The lowest BCUT2D eigenvalue weighted by Crippen LogP contribution is -2.37. The van der Waals surface area contributed by atoms with Gasteiger partial charge in [0, 0.05) is 17.5 Å². The van der Waals surface area contributed by atoms with Crippen molar-refractivity contribution in [1.29, 1.82) is 0 Å². The molecule has 3 rings (SSSR count).